The number of aryl methyl sites for hydroxylation is 1. The summed E-state index contributed by atoms with van der Waals surface area (Å²) in [5.41, 5.74) is 1.98. The Kier molecular flexibility index (Phi) is 4.20. The standard InChI is InChI=1S/C16H12F2N2OS/c1-10-2-4-11(5-3-10)16-19-15(20-21-16)9-22-14-7-6-12(17)8-13(14)18/h2-8H,9H2,1H3. The molecule has 3 rings (SSSR count). The average molecular weight is 318 g/mol. The molecule has 0 N–H and O–H groups in total. The molecule has 0 saturated carbocycles. The molecule has 0 fully saturated rings. The van der Waals surface area contributed by atoms with Crippen LogP contribution in [0.3, 0.4) is 0 Å². The zero-order valence-corrected chi connectivity index (χ0v) is 12.5. The van der Waals surface area contributed by atoms with Crippen LogP contribution in [0.5, 0.6) is 0 Å². The lowest BCUT2D eigenvalue weighted by atomic mass is 10.1. The van der Waals surface area contributed by atoms with Crippen molar-refractivity contribution in [3.63, 3.8) is 0 Å². The minimum atomic E-state index is -0.594. The highest BCUT2D eigenvalue weighted by atomic mass is 32.2. The van der Waals surface area contributed by atoms with Gasteiger partial charge in [-0.15, -0.1) is 11.8 Å². The molecule has 0 amide bonds. The van der Waals surface area contributed by atoms with Crippen LogP contribution >= 0.6 is 11.8 Å². The van der Waals surface area contributed by atoms with Crippen LogP contribution < -0.4 is 0 Å². The molecule has 0 atom stereocenters. The van der Waals surface area contributed by atoms with Crippen LogP contribution in [0.4, 0.5) is 8.78 Å². The lowest BCUT2D eigenvalue weighted by Crippen LogP contribution is -1.87. The first-order chi connectivity index (χ1) is 10.6. The number of rotatable bonds is 4. The van der Waals surface area contributed by atoms with Gasteiger partial charge in [0.1, 0.15) is 11.6 Å². The second kappa shape index (κ2) is 6.27. The summed E-state index contributed by atoms with van der Waals surface area (Å²) in [7, 11) is 0. The van der Waals surface area contributed by atoms with E-state index in [1.807, 2.05) is 31.2 Å². The van der Waals surface area contributed by atoms with Crippen LogP contribution in [-0.4, -0.2) is 10.1 Å². The number of thioether (sulfide) groups is 1. The Bertz CT molecular complexity index is 787. The summed E-state index contributed by atoms with van der Waals surface area (Å²) in [6, 6.07) is 11.2. The van der Waals surface area contributed by atoms with Gasteiger partial charge in [0.15, 0.2) is 5.82 Å². The summed E-state index contributed by atoms with van der Waals surface area (Å²) in [6.07, 6.45) is 0. The van der Waals surface area contributed by atoms with Crippen LogP contribution in [0.25, 0.3) is 11.5 Å². The second-order valence-corrected chi connectivity index (χ2v) is 5.76. The van der Waals surface area contributed by atoms with Gasteiger partial charge in [0.25, 0.3) is 5.89 Å². The Labute approximate surface area is 130 Å². The van der Waals surface area contributed by atoms with E-state index in [0.29, 0.717) is 22.4 Å². The van der Waals surface area contributed by atoms with Crippen LogP contribution in [0.2, 0.25) is 0 Å². The largest absolute Gasteiger partial charge is 0.334 e. The number of halogens is 2. The van der Waals surface area contributed by atoms with Gasteiger partial charge in [-0.1, -0.05) is 22.9 Å². The van der Waals surface area contributed by atoms with Crippen molar-refractivity contribution in [3.05, 3.63) is 65.5 Å². The highest BCUT2D eigenvalue weighted by Gasteiger charge is 2.11. The highest BCUT2D eigenvalue weighted by Crippen LogP contribution is 2.26. The molecule has 0 unspecified atom stereocenters. The van der Waals surface area contributed by atoms with Crippen molar-refractivity contribution in [2.45, 2.75) is 17.6 Å². The number of hydrogen-bond acceptors (Lipinski definition) is 4. The van der Waals surface area contributed by atoms with Crippen molar-refractivity contribution in [3.8, 4) is 11.5 Å². The Morgan fingerprint density at radius 1 is 1.09 bits per heavy atom. The van der Waals surface area contributed by atoms with Gasteiger partial charge in [0.05, 0.1) is 5.75 Å². The molecule has 22 heavy (non-hydrogen) atoms. The first-order valence-corrected chi connectivity index (χ1v) is 7.58. The third-order valence-corrected chi connectivity index (χ3v) is 4.06. The summed E-state index contributed by atoms with van der Waals surface area (Å²) in [4.78, 5) is 4.63. The zero-order chi connectivity index (χ0) is 15.5. The maximum atomic E-state index is 13.5. The average Bonchev–Trinajstić information content (AvgIpc) is 2.96. The predicted octanol–water partition coefficient (Wildman–Crippen LogP) is 4.62. The van der Waals surface area contributed by atoms with E-state index in [0.717, 1.165) is 17.2 Å². The van der Waals surface area contributed by atoms with E-state index in [2.05, 4.69) is 10.1 Å². The van der Waals surface area contributed by atoms with E-state index in [1.54, 1.807) is 0 Å². The van der Waals surface area contributed by atoms with E-state index < -0.39 is 11.6 Å². The van der Waals surface area contributed by atoms with Crippen molar-refractivity contribution in [2.24, 2.45) is 0 Å². The molecule has 112 valence electrons. The minimum Gasteiger partial charge on any atom is -0.334 e. The quantitative estimate of drug-likeness (QED) is 0.658. The van der Waals surface area contributed by atoms with E-state index in [1.165, 1.54) is 23.9 Å². The molecule has 0 radical (unpaired) electrons. The van der Waals surface area contributed by atoms with Gasteiger partial charge in [-0.3, -0.25) is 0 Å². The Hall–Kier alpha value is -2.21. The number of benzene rings is 2. The predicted molar refractivity (Wildman–Crippen MR) is 80.4 cm³/mol. The fourth-order valence-electron chi connectivity index (χ4n) is 1.86. The van der Waals surface area contributed by atoms with Gasteiger partial charge in [-0.05, 0) is 31.2 Å². The zero-order valence-electron chi connectivity index (χ0n) is 11.7. The topological polar surface area (TPSA) is 38.9 Å². The lowest BCUT2D eigenvalue weighted by molar-refractivity contribution is 0.425. The molecular formula is C16H12F2N2OS. The van der Waals surface area contributed by atoms with Gasteiger partial charge in [0.2, 0.25) is 0 Å². The van der Waals surface area contributed by atoms with Gasteiger partial charge >= 0.3 is 0 Å². The highest BCUT2D eigenvalue weighted by molar-refractivity contribution is 7.98. The first-order valence-electron chi connectivity index (χ1n) is 6.59. The summed E-state index contributed by atoms with van der Waals surface area (Å²) < 4.78 is 31.6. The molecule has 1 heterocycles. The number of nitrogens with zero attached hydrogens (tertiary/aromatic N) is 2. The fraction of sp³-hybridized carbons (Fsp3) is 0.125. The van der Waals surface area contributed by atoms with E-state index in [-0.39, 0.29) is 0 Å². The Morgan fingerprint density at radius 3 is 2.59 bits per heavy atom. The van der Waals surface area contributed by atoms with Crippen LogP contribution in [0, 0.1) is 18.6 Å². The molecule has 3 nitrogen and oxygen atoms in total. The summed E-state index contributed by atoms with van der Waals surface area (Å²) in [5, 5.41) is 3.87. The molecular weight excluding hydrogens is 306 g/mol. The van der Waals surface area contributed by atoms with E-state index in [4.69, 9.17) is 4.52 Å². The third-order valence-electron chi connectivity index (χ3n) is 3.02. The summed E-state index contributed by atoms with van der Waals surface area (Å²) >= 11 is 1.19. The normalized spacial score (nSPS) is 10.9. The molecule has 0 aliphatic carbocycles. The van der Waals surface area contributed by atoms with Gasteiger partial charge in [0, 0.05) is 16.5 Å². The van der Waals surface area contributed by atoms with Gasteiger partial charge < -0.3 is 4.52 Å². The third kappa shape index (κ3) is 3.33. The monoisotopic (exact) mass is 318 g/mol. The van der Waals surface area contributed by atoms with Gasteiger partial charge in [-0.2, -0.15) is 4.98 Å². The maximum Gasteiger partial charge on any atom is 0.257 e. The first kappa shape index (κ1) is 14.7. The van der Waals surface area contributed by atoms with Crippen molar-refractivity contribution in [1.29, 1.82) is 0 Å². The molecule has 6 heteroatoms. The van der Waals surface area contributed by atoms with Crippen molar-refractivity contribution >= 4 is 11.8 Å². The molecule has 2 aromatic carbocycles. The number of aromatic nitrogens is 2. The molecule has 0 saturated heterocycles. The van der Waals surface area contributed by atoms with Crippen LogP contribution in [0.15, 0.2) is 51.9 Å². The van der Waals surface area contributed by atoms with Crippen molar-refractivity contribution in [2.75, 3.05) is 0 Å². The number of hydrogen-bond donors (Lipinski definition) is 0. The second-order valence-electron chi connectivity index (χ2n) is 4.75. The van der Waals surface area contributed by atoms with E-state index in [9.17, 15) is 8.78 Å². The molecule has 0 spiro atoms. The van der Waals surface area contributed by atoms with Gasteiger partial charge in [-0.25, -0.2) is 8.78 Å². The minimum absolute atomic E-state index is 0.345. The fourth-order valence-corrected chi connectivity index (χ4v) is 2.62. The molecule has 0 aliphatic heterocycles. The Morgan fingerprint density at radius 2 is 1.86 bits per heavy atom. The smallest absolute Gasteiger partial charge is 0.257 e. The van der Waals surface area contributed by atoms with Crippen LogP contribution in [-0.2, 0) is 5.75 Å². The summed E-state index contributed by atoms with van der Waals surface area (Å²) in [5.74, 6) is 0.0487. The SMILES string of the molecule is Cc1ccc(-c2nc(CSc3ccc(F)cc3F)no2)cc1. The Balaban J connectivity index is 1.70. The molecule has 0 bridgehead atoms. The maximum absolute atomic E-state index is 13.5. The molecule has 3 aromatic rings. The summed E-state index contributed by atoms with van der Waals surface area (Å²) in [6.45, 7) is 2.00. The molecule has 1 aromatic heterocycles. The van der Waals surface area contributed by atoms with Crippen molar-refractivity contribution < 1.29 is 13.3 Å². The van der Waals surface area contributed by atoms with Crippen molar-refractivity contribution in [1.82, 2.24) is 10.1 Å². The van der Waals surface area contributed by atoms with E-state index >= 15 is 0 Å². The molecule has 0 aliphatic rings. The van der Waals surface area contributed by atoms with Crippen LogP contribution in [0.1, 0.15) is 11.4 Å². The lowest BCUT2D eigenvalue weighted by Gasteiger charge is -2.00.